The van der Waals surface area contributed by atoms with Crippen LogP contribution in [-0.2, 0) is 0 Å². The van der Waals surface area contributed by atoms with Gasteiger partial charge in [-0.15, -0.1) is 6.58 Å². The number of hydrogen-bond acceptors (Lipinski definition) is 2. The lowest BCUT2D eigenvalue weighted by molar-refractivity contribution is 0.0946. The minimum Gasteiger partial charge on any atom is -0.351 e. The molecule has 1 heterocycles. The van der Waals surface area contributed by atoms with E-state index in [1.807, 2.05) is 37.3 Å². The van der Waals surface area contributed by atoms with Gasteiger partial charge in [-0.2, -0.15) is 5.10 Å². The molecule has 4 nitrogen and oxygen atoms in total. The molecule has 36 heavy (non-hydrogen) atoms. The van der Waals surface area contributed by atoms with Crippen molar-refractivity contribution in [3.63, 3.8) is 0 Å². The minimum absolute atomic E-state index is 0.198. The molecule has 0 aliphatic rings. The van der Waals surface area contributed by atoms with Crippen molar-refractivity contribution in [1.82, 2.24) is 15.1 Å². The average Bonchev–Trinajstić information content (AvgIpc) is 3.18. The van der Waals surface area contributed by atoms with Gasteiger partial charge in [0.25, 0.3) is 5.91 Å². The van der Waals surface area contributed by atoms with E-state index in [2.05, 4.69) is 30.8 Å². The maximum Gasteiger partial charge on any atom is 0.272 e. The van der Waals surface area contributed by atoms with Gasteiger partial charge in [-0.1, -0.05) is 86.1 Å². The van der Waals surface area contributed by atoms with Crippen LogP contribution >= 0.6 is 34.8 Å². The molecule has 0 bridgehead atoms. The zero-order valence-electron chi connectivity index (χ0n) is 21.2. The van der Waals surface area contributed by atoms with Crippen LogP contribution in [-0.4, -0.2) is 22.2 Å². The first-order valence-electron chi connectivity index (χ1n) is 12.4. The second kappa shape index (κ2) is 12.8. The van der Waals surface area contributed by atoms with Gasteiger partial charge in [0.15, 0.2) is 5.69 Å². The second-order valence-corrected chi connectivity index (χ2v) is 10.8. The van der Waals surface area contributed by atoms with Gasteiger partial charge >= 0.3 is 0 Å². The van der Waals surface area contributed by atoms with Gasteiger partial charge in [0.2, 0.25) is 0 Å². The molecular weight excluding hydrogens is 513 g/mol. The molecule has 0 saturated carbocycles. The van der Waals surface area contributed by atoms with Crippen LogP contribution in [0.3, 0.4) is 0 Å². The van der Waals surface area contributed by atoms with E-state index < -0.39 is 0 Å². The number of nitrogens with zero attached hydrogens (tertiary/aromatic N) is 2. The van der Waals surface area contributed by atoms with Crippen molar-refractivity contribution in [1.29, 1.82) is 0 Å². The molecule has 0 aliphatic carbocycles. The fourth-order valence-electron chi connectivity index (χ4n) is 4.40. The molecule has 7 heteroatoms. The SMILES string of the molecule is C=CCC(C)(CC)CCCCCNC(=O)c1nn(-c2ccc(Cl)cc2Cl)c(-c2ccc(Cl)cc2)c1C. The van der Waals surface area contributed by atoms with Crippen LogP contribution in [0.1, 0.15) is 68.4 Å². The molecule has 0 saturated heterocycles. The Morgan fingerprint density at radius 2 is 1.78 bits per heavy atom. The Morgan fingerprint density at radius 3 is 2.42 bits per heavy atom. The number of carbonyl (C=O) groups is 1. The van der Waals surface area contributed by atoms with Gasteiger partial charge in [-0.3, -0.25) is 4.79 Å². The van der Waals surface area contributed by atoms with Crippen LogP contribution in [0.2, 0.25) is 15.1 Å². The van der Waals surface area contributed by atoms with Crippen molar-refractivity contribution in [3.05, 3.63) is 81.4 Å². The molecule has 2 aromatic carbocycles. The van der Waals surface area contributed by atoms with Crippen molar-refractivity contribution in [2.24, 2.45) is 5.41 Å². The zero-order valence-corrected chi connectivity index (χ0v) is 23.5. The Kier molecular flexibility index (Phi) is 10.1. The van der Waals surface area contributed by atoms with Crippen LogP contribution < -0.4 is 5.32 Å². The van der Waals surface area contributed by atoms with E-state index >= 15 is 0 Å². The largest absolute Gasteiger partial charge is 0.351 e. The monoisotopic (exact) mass is 545 g/mol. The normalized spacial score (nSPS) is 12.8. The fraction of sp³-hybridized carbons (Fsp3) is 0.379. The Balaban J connectivity index is 1.76. The van der Waals surface area contributed by atoms with Gasteiger partial charge in [-0.25, -0.2) is 4.68 Å². The van der Waals surface area contributed by atoms with Crippen molar-refractivity contribution in [2.75, 3.05) is 6.54 Å². The first kappa shape index (κ1) is 28.3. The zero-order chi connectivity index (χ0) is 26.3. The van der Waals surface area contributed by atoms with E-state index in [0.29, 0.717) is 38.4 Å². The van der Waals surface area contributed by atoms with Crippen LogP contribution in [0, 0.1) is 12.3 Å². The lowest BCUT2D eigenvalue weighted by Gasteiger charge is -2.26. The summed E-state index contributed by atoms with van der Waals surface area (Å²) >= 11 is 18.7. The molecule has 1 atom stereocenters. The van der Waals surface area contributed by atoms with E-state index in [-0.39, 0.29) is 5.91 Å². The third-order valence-corrected chi connectivity index (χ3v) is 7.62. The summed E-state index contributed by atoms with van der Waals surface area (Å²) in [5, 5.41) is 9.34. The Labute approximate surface area is 229 Å². The number of benzene rings is 2. The first-order valence-corrected chi connectivity index (χ1v) is 13.5. The van der Waals surface area contributed by atoms with Gasteiger partial charge < -0.3 is 5.32 Å². The summed E-state index contributed by atoms with van der Waals surface area (Å²) in [5.74, 6) is -0.198. The highest BCUT2D eigenvalue weighted by molar-refractivity contribution is 6.35. The van der Waals surface area contributed by atoms with Crippen molar-refractivity contribution in [2.45, 2.75) is 59.3 Å². The van der Waals surface area contributed by atoms with Crippen molar-refractivity contribution < 1.29 is 4.79 Å². The van der Waals surface area contributed by atoms with Gasteiger partial charge in [0, 0.05) is 27.7 Å². The van der Waals surface area contributed by atoms with E-state index in [4.69, 9.17) is 34.8 Å². The highest BCUT2D eigenvalue weighted by Crippen LogP contribution is 2.34. The number of hydrogen-bond donors (Lipinski definition) is 1. The Bertz CT molecular complexity index is 1200. The highest BCUT2D eigenvalue weighted by atomic mass is 35.5. The predicted octanol–water partition coefficient (Wildman–Crippen LogP) is 9.09. The molecule has 0 fully saturated rings. The molecule has 1 unspecified atom stereocenters. The van der Waals surface area contributed by atoms with Gasteiger partial charge in [0.1, 0.15) is 0 Å². The van der Waals surface area contributed by atoms with E-state index in [9.17, 15) is 4.79 Å². The second-order valence-electron chi connectivity index (χ2n) is 9.56. The molecule has 0 spiro atoms. The topological polar surface area (TPSA) is 46.9 Å². The van der Waals surface area contributed by atoms with Crippen LogP contribution in [0.4, 0.5) is 0 Å². The Hall–Kier alpha value is -2.27. The number of amides is 1. The molecule has 0 radical (unpaired) electrons. The number of nitrogens with one attached hydrogen (secondary N) is 1. The van der Waals surface area contributed by atoms with Crippen LogP contribution in [0.25, 0.3) is 16.9 Å². The van der Waals surface area contributed by atoms with Crippen molar-refractivity contribution >= 4 is 40.7 Å². The lowest BCUT2D eigenvalue weighted by Crippen LogP contribution is -2.25. The molecule has 0 aliphatic heterocycles. The summed E-state index contributed by atoms with van der Waals surface area (Å²) in [7, 11) is 0. The number of halogens is 3. The molecule has 1 aromatic heterocycles. The molecule has 1 amide bonds. The fourth-order valence-corrected chi connectivity index (χ4v) is 5.01. The highest BCUT2D eigenvalue weighted by Gasteiger charge is 2.23. The summed E-state index contributed by atoms with van der Waals surface area (Å²) < 4.78 is 1.71. The summed E-state index contributed by atoms with van der Waals surface area (Å²) in [6, 6.07) is 12.7. The third-order valence-electron chi connectivity index (χ3n) is 6.83. The maximum absolute atomic E-state index is 13.1. The minimum atomic E-state index is -0.198. The lowest BCUT2D eigenvalue weighted by atomic mass is 9.79. The number of rotatable bonds is 12. The number of unbranched alkanes of at least 4 members (excludes halogenated alkanes) is 2. The molecule has 192 valence electrons. The summed E-state index contributed by atoms with van der Waals surface area (Å²) in [6.45, 7) is 11.0. The number of carbonyl (C=O) groups excluding carboxylic acids is 1. The molecule has 3 rings (SSSR count). The van der Waals surface area contributed by atoms with E-state index in [1.54, 1.807) is 22.9 Å². The van der Waals surface area contributed by atoms with Crippen molar-refractivity contribution in [3.8, 4) is 16.9 Å². The molecule has 1 N–H and O–H groups in total. The predicted molar refractivity (Wildman–Crippen MR) is 153 cm³/mol. The van der Waals surface area contributed by atoms with Crippen LogP contribution in [0.5, 0.6) is 0 Å². The quantitative estimate of drug-likeness (QED) is 0.182. The molecule has 3 aromatic rings. The standard InChI is InChI=1S/C29H34Cl3N3O/c1-5-16-29(4,6-2)17-8-7-9-18-33-28(36)26-20(3)27(21-10-12-22(30)13-11-21)35(34-26)25-15-14-23(31)19-24(25)32/h5,10-15,19H,1,6-9,16-18H2,2-4H3,(H,33,36). The number of allylic oxidation sites excluding steroid dienone is 1. The Morgan fingerprint density at radius 1 is 1.08 bits per heavy atom. The van der Waals surface area contributed by atoms with E-state index in [1.165, 1.54) is 6.42 Å². The first-order chi connectivity index (χ1) is 17.2. The van der Waals surface area contributed by atoms with Gasteiger partial charge in [-0.05, 0) is 61.9 Å². The maximum atomic E-state index is 13.1. The van der Waals surface area contributed by atoms with E-state index in [0.717, 1.165) is 48.9 Å². The average molecular weight is 547 g/mol. The smallest absolute Gasteiger partial charge is 0.272 e. The van der Waals surface area contributed by atoms with Crippen LogP contribution in [0.15, 0.2) is 55.1 Å². The summed E-state index contributed by atoms with van der Waals surface area (Å²) in [6.07, 6.45) is 8.49. The summed E-state index contributed by atoms with van der Waals surface area (Å²) in [4.78, 5) is 13.1. The van der Waals surface area contributed by atoms with Gasteiger partial charge in [0.05, 0.1) is 16.4 Å². The third kappa shape index (κ3) is 6.94. The number of aromatic nitrogens is 2. The summed E-state index contributed by atoms with van der Waals surface area (Å²) in [5.41, 5.74) is 3.76. The molecular formula is C29H34Cl3N3O.